The average molecular weight is 296 g/mol. The summed E-state index contributed by atoms with van der Waals surface area (Å²) in [6, 6.07) is 5.63. The second kappa shape index (κ2) is 6.99. The summed E-state index contributed by atoms with van der Waals surface area (Å²) >= 11 is 0. The quantitative estimate of drug-likeness (QED) is 0.846. The summed E-state index contributed by atoms with van der Waals surface area (Å²) in [5.41, 5.74) is 7.83. The average Bonchev–Trinajstić information content (AvgIpc) is 2.33. The van der Waals surface area contributed by atoms with Crippen molar-refractivity contribution in [3.8, 4) is 0 Å². The van der Waals surface area contributed by atoms with Crippen LogP contribution in [0.4, 0.5) is 5.69 Å². The van der Waals surface area contributed by atoms with E-state index < -0.39 is 16.3 Å². The molecule has 112 valence electrons. The Hall–Kier alpha value is -1.20. The Bertz CT molecular complexity index is 513. The van der Waals surface area contributed by atoms with Crippen molar-refractivity contribution in [1.82, 2.24) is 0 Å². The minimum Gasteiger partial charge on any atom is -0.324 e. The standard InChI is InChI=1S/C15H24N2O2S/c1-5-9-15(3,16)14(18)17-13-8-6-7-12(11(13)2)10-20(4)19/h6-8H,5,9-10,16H2,1-4H3,(H,17,18). The molecule has 2 atom stereocenters. The smallest absolute Gasteiger partial charge is 0.244 e. The molecule has 20 heavy (non-hydrogen) atoms. The van der Waals surface area contributed by atoms with Gasteiger partial charge in [-0.25, -0.2) is 0 Å². The minimum absolute atomic E-state index is 0.183. The molecule has 0 bridgehead atoms. The second-order valence-electron chi connectivity index (χ2n) is 5.43. The van der Waals surface area contributed by atoms with Crippen LogP contribution >= 0.6 is 0 Å². The van der Waals surface area contributed by atoms with E-state index in [2.05, 4.69) is 5.32 Å². The topological polar surface area (TPSA) is 72.2 Å². The zero-order chi connectivity index (χ0) is 15.3. The number of carbonyl (C=O) groups is 1. The van der Waals surface area contributed by atoms with Crippen LogP contribution in [0.2, 0.25) is 0 Å². The normalized spacial score (nSPS) is 15.4. The van der Waals surface area contributed by atoms with Gasteiger partial charge >= 0.3 is 0 Å². The van der Waals surface area contributed by atoms with Crippen molar-refractivity contribution in [2.75, 3.05) is 11.6 Å². The summed E-state index contributed by atoms with van der Waals surface area (Å²) in [4.78, 5) is 12.2. The van der Waals surface area contributed by atoms with Gasteiger partial charge in [0.25, 0.3) is 0 Å². The Morgan fingerprint density at radius 3 is 2.65 bits per heavy atom. The van der Waals surface area contributed by atoms with Crippen LogP contribution < -0.4 is 11.1 Å². The van der Waals surface area contributed by atoms with Gasteiger partial charge in [0.2, 0.25) is 5.91 Å². The Morgan fingerprint density at radius 2 is 2.10 bits per heavy atom. The van der Waals surface area contributed by atoms with E-state index in [1.165, 1.54) is 0 Å². The van der Waals surface area contributed by atoms with Crippen molar-refractivity contribution in [2.45, 2.75) is 44.9 Å². The van der Waals surface area contributed by atoms with Gasteiger partial charge in [-0.3, -0.25) is 9.00 Å². The lowest BCUT2D eigenvalue weighted by atomic mass is 9.96. The van der Waals surface area contributed by atoms with Gasteiger partial charge in [-0.05, 0) is 37.5 Å². The van der Waals surface area contributed by atoms with Crippen LogP contribution in [0.25, 0.3) is 0 Å². The Morgan fingerprint density at radius 1 is 1.45 bits per heavy atom. The van der Waals surface area contributed by atoms with E-state index in [1.807, 2.05) is 32.0 Å². The highest BCUT2D eigenvalue weighted by Gasteiger charge is 2.27. The van der Waals surface area contributed by atoms with Crippen molar-refractivity contribution < 1.29 is 9.00 Å². The summed E-state index contributed by atoms with van der Waals surface area (Å²) in [6.07, 6.45) is 3.16. The first kappa shape index (κ1) is 16.9. The molecule has 0 heterocycles. The van der Waals surface area contributed by atoms with Crippen LogP contribution in [0, 0.1) is 6.92 Å². The lowest BCUT2D eigenvalue weighted by Gasteiger charge is -2.23. The highest BCUT2D eigenvalue weighted by molar-refractivity contribution is 7.83. The Kier molecular flexibility index (Phi) is 5.89. The molecular weight excluding hydrogens is 272 g/mol. The highest BCUT2D eigenvalue weighted by Crippen LogP contribution is 2.21. The van der Waals surface area contributed by atoms with Crippen LogP contribution in [-0.2, 0) is 21.3 Å². The maximum atomic E-state index is 12.2. The predicted octanol–water partition coefficient (Wildman–Crippen LogP) is 2.33. The highest BCUT2D eigenvalue weighted by atomic mass is 32.2. The molecule has 1 rings (SSSR count). The molecule has 0 spiro atoms. The number of nitrogens with one attached hydrogen (secondary N) is 1. The fourth-order valence-electron chi connectivity index (χ4n) is 2.09. The molecule has 5 heteroatoms. The Balaban J connectivity index is 2.93. The van der Waals surface area contributed by atoms with Gasteiger partial charge in [-0.15, -0.1) is 0 Å². The fraction of sp³-hybridized carbons (Fsp3) is 0.533. The Labute approximate surface area is 123 Å². The maximum absolute atomic E-state index is 12.2. The minimum atomic E-state index is -0.905. The van der Waals surface area contributed by atoms with Gasteiger partial charge in [0.15, 0.2) is 0 Å². The maximum Gasteiger partial charge on any atom is 0.244 e. The molecule has 0 aliphatic rings. The molecular formula is C15H24N2O2S. The van der Waals surface area contributed by atoms with Crippen molar-refractivity contribution in [3.63, 3.8) is 0 Å². The summed E-state index contributed by atoms with van der Waals surface area (Å²) in [7, 11) is -0.905. The number of carbonyl (C=O) groups excluding carboxylic acids is 1. The summed E-state index contributed by atoms with van der Waals surface area (Å²) in [5.74, 6) is 0.307. The predicted molar refractivity (Wildman–Crippen MR) is 85.1 cm³/mol. The lowest BCUT2D eigenvalue weighted by molar-refractivity contribution is -0.120. The van der Waals surface area contributed by atoms with E-state index in [4.69, 9.17) is 5.73 Å². The van der Waals surface area contributed by atoms with Crippen LogP contribution in [-0.4, -0.2) is 21.9 Å². The molecule has 0 aromatic heterocycles. The number of hydrogen-bond acceptors (Lipinski definition) is 3. The van der Waals surface area contributed by atoms with Crippen molar-refractivity contribution >= 4 is 22.4 Å². The summed E-state index contributed by atoms with van der Waals surface area (Å²) in [5, 5.41) is 2.89. The molecule has 2 unspecified atom stereocenters. The number of anilines is 1. The molecule has 0 fully saturated rings. The van der Waals surface area contributed by atoms with Crippen molar-refractivity contribution in [1.29, 1.82) is 0 Å². The van der Waals surface area contributed by atoms with Crippen LogP contribution in [0.3, 0.4) is 0 Å². The van der Waals surface area contributed by atoms with E-state index in [0.29, 0.717) is 12.2 Å². The zero-order valence-electron chi connectivity index (χ0n) is 12.7. The third-order valence-electron chi connectivity index (χ3n) is 3.34. The summed E-state index contributed by atoms with van der Waals surface area (Å²) < 4.78 is 11.3. The number of nitrogens with two attached hydrogens (primary N) is 1. The number of hydrogen-bond donors (Lipinski definition) is 2. The summed E-state index contributed by atoms with van der Waals surface area (Å²) in [6.45, 7) is 5.67. The van der Waals surface area contributed by atoms with Gasteiger partial charge in [0.05, 0.1) is 5.54 Å². The van der Waals surface area contributed by atoms with Crippen LogP contribution in [0.15, 0.2) is 18.2 Å². The van der Waals surface area contributed by atoms with Crippen LogP contribution in [0.1, 0.15) is 37.8 Å². The lowest BCUT2D eigenvalue weighted by Crippen LogP contribution is -2.48. The molecule has 3 N–H and O–H groups in total. The van der Waals surface area contributed by atoms with E-state index >= 15 is 0 Å². The zero-order valence-corrected chi connectivity index (χ0v) is 13.5. The molecule has 0 aliphatic carbocycles. The van der Waals surface area contributed by atoms with Gasteiger partial charge in [-0.2, -0.15) is 0 Å². The number of benzene rings is 1. The van der Waals surface area contributed by atoms with Crippen molar-refractivity contribution in [3.05, 3.63) is 29.3 Å². The van der Waals surface area contributed by atoms with E-state index in [-0.39, 0.29) is 5.91 Å². The first-order valence-electron chi connectivity index (χ1n) is 6.76. The molecule has 0 radical (unpaired) electrons. The van der Waals surface area contributed by atoms with Gasteiger partial charge in [-0.1, -0.05) is 25.5 Å². The number of rotatable bonds is 6. The molecule has 0 saturated heterocycles. The van der Waals surface area contributed by atoms with Crippen molar-refractivity contribution in [2.24, 2.45) is 5.73 Å². The molecule has 0 aliphatic heterocycles. The van der Waals surface area contributed by atoms with Gasteiger partial charge in [0, 0.05) is 28.5 Å². The van der Waals surface area contributed by atoms with Gasteiger partial charge in [0.1, 0.15) is 0 Å². The first-order valence-corrected chi connectivity index (χ1v) is 8.49. The van der Waals surface area contributed by atoms with E-state index in [1.54, 1.807) is 13.2 Å². The number of amides is 1. The molecule has 1 aromatic rings. The molecule has 1 amide bonds. The monoisotopic (exact) mass is 296 g/mol. The van der Waals surface area contributed by atoms with E-state index in [9.17, 15) is 9.00 Å². The fourth-order valence-corrected chi connectivity index (χ4v) is 2.84. The van der Waals surface area contributed by atoms with E-state index in [0.717, 1.165) is 23.2 Å². The van der Waals surface area contributed by atoms with Crippen LogP contribution in [0.5, 0.6) is 0 Å². The second-order valence-corrected chi connectivity index (χ2v) is 6.86. The SMILES string of the molecule is CCCC(C)(N)C(=O)Nc1cccc(CS(C)=O)c1C. The molecule has 1 aromatic carbocycles. The third-order valence-corrected chi connectivity index (χ3v) is 4.06. The molecule has 4 nitrogen and oxygen atoms in total. The first-order chi connectivity index (χ1) is 9.27. The largest absolute Gasteiger partial charge is 0.324 e. The molecule has 0 saturated carbocycles. The third kappa shape index (κ3) is 4.42. The van der Waals surface area contributed by atoms with Gasteiger partial charge < -0.3 is 11.1 Å².